The van der Waals surface area contributed by atoms with E-state index in [1.54, 1.807) is 19.6 Å². The first-order valence-electron chi connectivity index (χ1n) is 11.7. The molecular formula is C27H48N2O4S2. The summed E-state index contributed by atoms with van der Waals surface area (Å²) in [5, 5.41) is 0. The Bertz CT molecular complexity index is 943. The summed E-state index contributed by atoms with van der Waals surface area (Å²) in [7, 11) is 6.53. The van der Waals surface area contributed by atoms with Gasteiger partial charge in [-0.25, -0.2) is 8.42 Å². The van der Waals surface area contributed by atoms with Crippen LogP contribution in [-0.4, -0.2) is 71.9 Å². The number of nitrogens with zero attached hydrogens (tertiary/aromatic N) is 2. The van der Waals surface area contributed by atoms with Gasteiger partial charge in [0.2, 0.25) is 0 Å². The number of aryl methyl sites for hydroxylation is 2. The molecule has 0 N–H and O–H groups in total. The largest absolute Gasteiger partial charge is 0.495 e. The predicted octanol–water partition coefficient (Wildman–Crippen LogP) is 5.35. The molecule has 6 nitrogen and oxygen atoms in total. The molecule has 0 amide bonds. The third kappa shape index (κ3) is 17.9. The fourth-order valence-corrected chi connectivity index (χ4v) is 4.37. The van der Waals surface area contributed by atoms with Crippen molar-refractivity contribution in [2.45, 2.75) is 40.5 Å². The highest BCUT2D eigenvalue weighted by atomic mass is 32.2. The molecule has 0 unspecified atom stereocenters. The summed E-state index contributed by atoms with van der Waals surface area (Å²) in [6.07, 6.45) is 4.75. The highest BCUT2D eigenvalue weighted by molar-refractivity contribution is 7.91. The van der Waals surface area contributed by atoms with Crippen molar-refractivity contribution in [2.75, 3.05) is 69.1 Å². The zero-order chi connectivity index (χ0) is 27.6. The molecular weight excluding hydrogens is 480 g/mol. The Labute approximate surface area is 218 Å². The van der Waals surface area contributed by atoms with E-state index in [1.807, 2.05) is 57.1 Å². The summed E-state index contributed by atoms with van der Waals surface area (Å²) in [6.45, 7) is 8.02. The molecule has 0 saturated heterocycles. The summed E-state index contributed by atoms with van der Waals surface area (Å²) in [4.78, 5) is 4.17. The van der Waals surface area contributed by atoms with Crippen LogP contribution in [0.4, 0.5) is 11.4 Å². The molecule has 8 heteroatoms. The number of methoxy groups -OCH3 is 1. The molecule has 0 aliphatic heterocycles. The number of anilines is 2. The van der Waals surface area contributed by atoms with Crippen LogP contribution in [0.25, 0.3) is 0 Å². The smallest absolute Gasteiger partial charge is 0.150 e. The second-order valence-corrected chi connectivity index (χ2v) is 12.4. The van der Waals surface area contributed by atoms with Crippen molar-refractivity contribution < 1.29 is 17.4 Å². The molecule has 0 bridgehead atoms. The van der Waals surface area contributed by atoms with Gasteiger partial charge in [0, 0.05) is 68.7 Å². The Morgan fingerprint density at radius 3 is 1.63 bits per heavy atom. The first kappa shape index (κ1) is 35.1. The zero-order valence-corrected chi connectivity index (χ0v) is 25.3. The lowest BCUT2D eigenvalue weighted by Gasteiger charge is -2.15. The van der Waals surface area contributed by atoms with Crippen LogP contribution in [-0.2, 0) is 20.6 Å². The number of hydrogen-bond acceptors (Lipinski definition) is 6. The van der Waals surface area contributed by atoms with E-state index in [1.165, 1.54) is 16.8 Å². The molecule has 2 aromatic rings. The molecule has 0 fully saturated rings. The molecule has 0 heterocycles. The maximum absolute atomic E-state index is 10.8. The van der Waals surface area contributed by atoms with Gasteiger partial charge >= 0.3 is 0 Å². The van der Waals surface area contributed by atoms with Crippen LogP contribution in [0.3, 0.4) is 0 Å². The van der Waals surface area contributed by atoms with E-state index < -0.39 is 20.6 Å². The van der Waals surface area contributed by atoms with Gasteiger partial charge in [-0.3, -0.25) is 4.21 Å². The lowest BCUT2D eigenvalue weighted by molar-refractivity contribution is 0.415. The molecule has 202 valence electrons. The number of rotatable bonds is 7. The number of para-hydroxylation sites is 2. The topological polar surface area (TPSA) is 66.9 Å². The number of ether oxygens (including phenoxy) is 1. The van der Waals surface area contributed by atoms with Crippen molar-refractivity contribution in [1.82, 2.24) is 0 Å². The van der Waals surface area contributed by atoms with Gasteiger partial charge in [0.25, 0.3) is 0 Å². The summed E-state index contributed by atoms with van der Waals surface area (Å²) >= 11 is 0. The number of hydrogen-bond donors (Lipinski definition) is 0. The molecule has 0 saturated carbocycles. The van der Waals surface area contributed by atoms with Gasteiger partial charge in [-0.15, -0.1) is 0 Å². The van der Waals surface area contributed by atoms with Crippen molar-refractivity contribution in [3.8, 4) is 5.75 Å². The van der Waals surface area contributed by atoms with Gasteiger partial charge in [0.05, 0.1) is 12.8 Å². The van der Waals surface area contributed by atoms with E-state index in [-0.39, 0.29) is 0 Å². The van der Waals surface area contributed by atoms with Gasteiger partial charge in [0.15, 0.2) is 0 Å². The SMILES string of the molecule is CCCS(=O)(=O)CCC.COc1ccccc1N(C)C.CS(C)=O.Cc1ccc(C)c(N(C)C)c1. The molecule has 0 radical (unpaired) electrons. The lowest BCUT2D eigenvalue weighted by atomic mass is 10.1. The summed E-state index contributed by atoms with van der Waals surface area (Å²) in [5.74, 6) is 1.61. The second-order valence-electron chi connectivity index (χ2n) is 8.64. The average molecular weight is 529 g/mol. The van der Waals surface area contributed by atoms with E-state index in [0.29, 0.717) is 11.5 Å². The minimum Gasteiger partial charge on any atom is -0.495 e. The van der Waals surface area contributed by atoms with E-state index in [2.05, 4.69) is 51.0 Å². The van der Waals surface area contributed by atoms with Crippen LogP contribution in [0.15, 0.2) is 42.5 Å². The van der Waals surface area contributed by atoms with Crippen LogP contribution in [0.1, 0.15) is 37.8 Å². The highest BCUT2D eigenvalue weighted by Crippen LogP contribution is 2.25. The van der Waals surface area contributed by atoms with E-state index in [4.69, 9.17) is 4.74 Å². The Morgan fingerprint density at radius 1 is 0.829 bits per heavy atom. The van der Waals surface area contributed by atoms with E-state index in [0.717, 1.165) is 24.3 Å². The number of sulfone groups is 1. The molecule has 0 aliphatic carbocycles. The van der Waals surface area contributed by atoms with Gasteiger partial charge in [-0.05, 0) is 56.0 Å². The lowest BCUT2D eigenvalue weighted by Crippen LogP contribution is -2.10. The van der Waals surface area contributed by atoms with E-state index in [9.17, 15) is 12.6 Å². The highest BCUT2D eigenvalue weighted by Gasteiger charge is 2.05. The molecule has 0 atom stereocenters. The first-order valence-corrected chi connectivity index (χ1v) is 15.5. The summed E-state index contributed by atoms with van der Waals surface area (Å²) < 4.78 is 36.4. The van der Waals surface area contributed by atoms with Gasteiger partial charge < -0.3 is 14.5 Å². The van der Waals surface area contributed by atoms with Gasteiger partial charge in [0.1, 0.15) is 15.6 Å². The molecule has 0 spiro atoms. The Morgan fingerprint density at radius 2 is 1.29 bits per heavy atom. The van der Waals surface area contributed by atoms with Crippen LogP contribution in [0.2, 0.25) is 0 Å². The van der Waals surface area contributed by atoms with Crippen LogP contribution in [0, 0.1) is 13.8 Å². The standard InChI is InChI=1S/C10H15N.C9H13NO.C6H14O2S.C2H6OS/c1-8-5-6-9(2)10(7-8)11(3)4;1-10(2)8-6-4-5-7-9(8)11-3;1-3-5-9(7,8)6-4-2;1-4(2)3/h5-7H,1-4H3;4-7H,1-3H3;3-6H2,1-2H3;1-2H3. The van der Waals surface area contributed by atoms with Gasteiger partial charge in [-0.2, -0.15) is 0 Å². The van der Waals surface area contributed by atoms with Crippen LogP contribution in [0.5, 0.6) is 5.75 Å². The second kappa shape index (κ2) is 19.2. The maximum atomic E-state index is 10.8. The monoisotopic (exact) mass is 528 g/mol. The first-order chi connectivity index (χ1) is 16.2. The summed E-state index contributed by atoms with van der Waals surface area (Å²) in [5.41, 5.74) is 5.07. The molecule has 2 rings (SSSR count). The van der Waals surface area contributed by atoms with Crippen molar-refractivity contribution in [1.29, 1.82) is 0 Å². The molecule has 0 aliphatic rings. The third-order valence-corrected chi connectivity index (χ3v) is 6.50. The summed E-state index contributed by atoms with van der Waals surface area (Å²) in [6, 6.07) is 14.4. The predicted molar refractivity (Wildman–Crippen MR) is 157 cm³/mol. The molecule has 0 aromatic heterocycles. The van der Waals surface area contributed by atoms with Crippen LogP contribution >= 0.6 is 0 Å². The van der Waals surface area contributed by atoms with Gasteiger partial charge in [-0.1, -0.05) is 38.1 Å². The van der Waals surface area contributed by atoms with E-state index >= 15 is 0 Å². The quantitative estimate of drug-likeness (QED) is 0.483. The number of benzene rings is 2. The van der Waals surface area contributed by atoms with Crippen molar-refractivity contribution in [3.05, 3.63) is 53.6 Å². The molecule has 2 aromatic carbocycles. The van der Waals surface area contributed by atoms with Crippen molar-refractivity contribution in [3.63, 3.8) is 0 Å². The Hall–Kier alpha value is -2.06. The van der Waals surface area contributed by atoms with Crippen molar-refractivity contribution >= 4 is 32.0 Å². The Balaban J connectivity index is 0. The minimum atomic E-state index is -2.68. The normalized spacial score (nSPS) is 10.1. The molecule has 35 heavy (non-hydrogen) atoms. The fraction of sp³-hybridized carbons (Fsp3) is 0.556. The average Bonchev–Trinajstić information content (AvgIpc) is 2.75. The third-order valence-electron chi connectivity index (χ3n) is 4.44. The zero-order valence-electron chi connectivity index (χ0n) is 23.7. The minimum absolute atomic E-state index is 0.348. The van der Waals surface area contributed by atoms with Crippen LogP contribution < -0.4 is 14.5 Å². The fourth-order valence-electron chi connectivity index (χ4n) is 2.92. The van der Waals surface area contributed by atoms with Crippen molar-refractivity contribution in [2.24, 2.45) is 0 Å². The maximum Gasteiger partial charge on any atom is 0.150 e. The Kier molecular flexibility index (Phi) is 19.2.